The molecule has 7 nitrogen and oxygen atoms in total. The molecule has 3 N–H and O–H groups in total. The minimum atomic E-state index is -3.82. The summed E-state index contributed by atoms with van der Waals surface area (Å²) in [5.74, 6) is -0.360. The Hall–Kier alpha value is -2.71. The normalized spacial score (nSPS) is 11.6. The maximum Gasteiger partial charge on any atom is 0.276 e. The molecule has 0 atom stereocenters. The van der Waals surface area contributed by atoms with Gasteiger partial charge in [-0.15, -0.1) is 0 Å². The fourth-order valence-corrected chi connectivity index (χ4v) is 3.09. The van der Waals surface area contributed by atoms with Gasteiger partial charge < -0.3 is 5.32 Å². The number of benzene rings is 2. The van der Waals surface area contributed by atoms with E-state index in [1.807, 2.05) is 6.07 Å². The van der Waals surface area contributed by atoms with E-state index in [2.05, 4.69) is 10.4 Å². The fraction of sp³-hybridized carbons (Fsp3) is 0.125. The van der Waals surface area contributed by atoms with E-state index < -0.39 is 10.0 Å². The average molecular weight is 344 g/mol. The smallest absolute Gasteiger partial charge is 0.276 e. The summed E-state index contributed by atoms with van der Waals surface area (Å²) < 4.78 is 24.7. The van der Waals surface area contributed by atoms with Gasteiger partial charge in [-0.05, 0) is 30.5 Å². The van der Waals surface area contributed by atoms with Crippen molar-refractivity contribution < 1.29 is 13.2 Å². The van der Waals surface area contributed by atoms with Crippen LogP contribution in [0.15, 0.2) is 47.5 Å². The van der Waals surface area contributed by atoms with Gasteiger partial charge in [-0.2, -0.15) is 5.10 Å². The van der Waals surface area contributed by atoms with Gasteiger partial charge in [-0.25, -0.2) is 13.6 Å². The lowest BCUT2D eigenvalue weighted by Crippen LogP contribution is -2.15. The summed E-state index contributed by atoms with van der Waals surface area (Å²) in [6.07, 6.45) is 1.75. The molecule has 0 aliphatic carbocycles. The van der Waals surface area contributed by atoms with Crippen LogP contribution in [0.1, 0.15) is 16.1 Å². The Morgan fingerprint density at radius 2 is 2.00 bits per heavy atom. The number of primary sulfonamides is 1. The molecule has 0 saturated carbocycles. The van der Waals surface area contributed by atoms with E-state index in [0.29, 0.717) is 16.8 Å². The Kier molecular flexibility index (Phi) is 3.86. The first-order valence-corrected chi connectivity index (χ1v) is 8.67. The number of nitrogens with two attached hydrogens (primary N) is 1. The van der Waals surface area contributed by atoms with Crippen LogP contribution in [0.2, 0.25) is 0 Å². The van der Waals surface area contributed by atoms with Crippen LogP contribution in [0.5, 0.6) is 0 Å². The van der Waals surface area contributed by atoms with Gasteiger partial charge in [0.15, 0.2) is 5.69 Å². The maximum atomic E-state index is 12.4. The molecule has 0 unspecified atom stereocenters. The van der Waals surface area contributed by atoms with Crippen molar-refractivity contribution in [2.45, 2.75) is 11.8 Å². The highest BCUT2D eigenvalue weighted by Crippen LogP contribution is 2.26. The Bertz CT molecular complexity index is 1050. The first-order valence-electron chi connectivity index (χ1n) is 7.13. The highest BCUT2D eigenvalue weighted by Gasteiger charge is 2.15. The van der Waals surface area contributed by atoms with Crippen LogP contribution in [0.3, 0.4) is 0 Å². The number of fused-ring (bicyclic) bond motifs is 1. The van der Waals surface area contributed by atoms with Crippen molar-refractivity contribution in [3.8, 4) is 0 Å². The summed E-state index contributed by atoms with van der Waals surface area (Å²) in [7, 11) is -2.09. The van der Waals surface area contributed by atoms with Crippen molar-refractivity contribution in [1.29, 1.82) is 0 Å². The molecule has 0 aliphatic heterocycles. The number of aromatic nitrogens is 2. The lowest BCUT2D eigenvalue weighted by atomic mass is 10.1. The van der Waals surface area contributed by atoms with Crippen LogP contribution in [0, 0.1) is 6.92 Å². The zero-order chi connectivity index (χ0) is 17.5. The minimum Gasteiger partial charge on any atom is -0.320 e. The second-order valence-corrected chi connectivity index (χ2v) is 7.08. The Labute approximate surface area is 139 Å². The third-order valence-corrected chi connectivity index (χ3v) is 4.57. The molecule has 124 valence electrons. The predicted molar refractivity (Wildman–Crippen MR) is 91.2 cm³/mol. The van der Waals surface area contributed by atoms with Crippen LogP contribution >= 0.6 is 0 Å². The van der Waals surface area contributed by atoms with E-state index >= 15 is 0 Å². The second-order valence-electron chi connectivity index (χ2n) is 5.52. The quantitative estimate of drug-likeness (QED) is 0.755. The minimum absolute atomic E-state index is 0.00860. The van der Waals surface area contributed by atoms with Crippen LogP contribution < -0.4 is 10.5 Å². The first kappa shape index (κ1) is 16.2. The van der Waals surface area contributed by atoms with Crippen molar-refractivity contribution in [3.05, 3.63) is 53.9 Å². The van der Waals surface area contributed by atoms with Gasteiger partial charge in [-0.1, -0.05) is 18.2 Å². The molecular weight excluding hydrogens is 328 g/mol. The number of anilines is 1. The largest absolute Gasteiger partial charge is 0.320 e. The van der Waals surface area contributed by atoms with E-state index in [1.165, 1.54) is 12.1 Å². The number of sulfonamides is 1. The van der Waals surface area contributed by atoms with Gasteiger partial charge in [0, 0.05) is 29.9 Å². The van der Waals surface area contributed by atoms with Gasteiger partial charge in [0.2, 0.25) is 10.0 Å². The van der Waals surface area contributed by atoms with E-state index in [1.54, 1.807) is 43.0 Å². The highest BCUT2D eigenvalue weighted by atomic mass is 32.2. The van der Waals surface area contributed by atoms with Crippen LogP contribution in [0.4, 0.5) is 5.69 Å². The van der Waals surface area contributed by atoms with Gasteiger partial charge in [0.25, 0.3) is 5.91 Å². The molecule has 1 heterocycles. The number of aryl methyl sites for hydroxylation is 2. The van der Waals surface area contributed by atoms with Crippen molar-refractivity contribution in [1.82, 2.24) is 9.78 Å². The molecule has 1 aromatic heterocycles. The lowest BCUT2D eigenvalue weighted by Gasteiger charge is -2.09. The van der Waals surface area contributed by atoms with Crippen molar-refractivity contribution in [2.24, 2.45) is 12.2 Å². The number of amides is 1. The summed E-state index contributed by atoms with van der Waals surface area (Å²) in [5, 5.41) is 13.5. The van der Waals surface area contributed by atoms with Crippen LogP contribution in [0.25, 0.3) is 10.8 Å². The summed E-state index contributed by atoms with van der Waals surface area (Å²) >= 11 is 0. The summed E-state index contributed by atoms with van der Waals surface area (Å²) in [6.45, 7) is 1.80. The van der Waals surface area contributed by atoms with Crippen LogP contribution in [-0.4, -0.2) is 24.1 Å². The predicted octanol–water partition coefficient (Wildman–Crippen LogP) is 1.78. The van der Waals surface area contributed by atoms with Crippen molar-refractivity contribution in [2.75, 3.05) is 5.32 Å². The van der Waals surface area contributed by atoms with E-state index in [4.69, 9.17) is 5.14 Å². The SMILES string of the molecule is Cc1cn(C)nc1C(=O)Nc1cccc2ccc(S(N)(=O)=O)cc12. The average Bonchev–Trinajstić information content (AvgIpc) is 2.85. The molecule has 1 amide bonds. The topological polar surface area (TPSA) is 107 Å². The standard InChI is InChI=1S/C16H16N4O3S/c1-10-9-20(2)19-15(10)16(21)18-14-5-3-4-11-6-7-12(8-13(11)14)24(17,22)23/h3-9H,1-2H3,(H,18,21)(H2,17,22,23). The second kappa shape index (κ2) is 5.73. The Morgan fingerprint density at radius 3 is 2.62 bits per heavy atom. The molecule has 24 heavy (non-hydrogen) atoms. The van der Waals surface area contributed by atoms with Gasteiger partial charge in [0.1, 0.15) is 0 Å². The third-order valence-electron chi connectivity index (χ3n) is 3.66. The lowest BCUT2D eigenvalue weighted by molar-refractivity contribution is 0.102. The highest BCUT2D eigenvalue weighted by molar-refractivity contribution is 7.89. The third kappa shape index (κ3) is 3.01. The van der Waals surface area contributed by atoms with Crippen LogP contribution in [-0.2, 0) is 17.1 Å². The number of hydrogen-bond acceptors (Lipinski definition) is 4. The molecular formula is C16H16N4O3S. The number of carbonyl (C=O) groups excluding carboxylic acids is 1. The number of nitrogens with one attached hydrogen (secondary N) is 1. The zero-order valence-electron chi connectivity index (χ0n) is 13.1. The van der Waals surface area contributed by atoms with Crippen molar-refractivity contribution in [3.63, 3.8) is 0 Å². The first-order chi connectivity index (χ1) is 11.3. The molecule has 3 aromatic rings. The van der Waals surface area contributed by atoms with Crippen molar-refractivity contribution >= 4 is 32.4 Å². The number of rotatable bonds is 3. The zero-order valence-corrected chi connectivity index (χ0v) is 14.0. The van der Waals surface area contributed by atoms with Gasteiger partial charge in [-0.3, -0.25) is 9.48 Å². The summed E-state index contributed by atoms with van der Waals surface area (Å²) in [6, 6.07) is 9.84. The maximum absolute atomic E-state index is 12.4. The molecule has 0 fully saturated rings. The Balaban J connectivity index is 2.06. The van der Waals surface area contributed by atoms with E-state index in [0.717, 1.165) is 10.9 Å². The van der Waals surface area contributed by atoms with Gasteiger partial charge in [0.05, 0.1) is 4.90 Å². The molecule has 0 aliphatic rings. The summed E-state index contributed by atoms with van der Waals surface area (Å²) in [4.78, 5) is 12.4. The molecule has 8 heteroatoms. The number of nitrogens with zero attached hydrogens (tertiary/aromatic N) is 2. The van der Waals surface area contributed by atoms with Gasteiger partial charge >= 0.3 is 0 Å². The number of hydrogen-bond donors (Lipinski definition) is 2. The number of carbonyl (C=O) groups is 1. The molecule has 0 bridgehead atoms. The Morgan fingerprint density at radius 1 is 1.25 bits per heavy atom. The van der Waals surface area contributed by atoms with E-state index in [-0.39, 0.29) is 10.8 Å². The monoisotopic (exact) mass is 344 g/mol. The molecule has 0 spiro atoms. The van der Waals surface area contributed by atoms with E-state index in [9.17, 15) is 13.2 Å². The molecule has 2 aromatic carbocycles. The fourth-order valence-electron chi connectivity index (χ4n) is 2.55. The molecule has 0 radical (unpaired) electrons. The summed E-state index contributed by atoms with van der Waals surface area (Å²) in [5.41, 5.74) is 1.56. The molecule has 3 rings (SSSR count). The molecule has 0 saturated heterocycles.